The zero-order chi connectivity index (χ0) is 23.2. The fraction of sp³-hybridized carbons (Fsp3) is 0.222. The van der Waals surface area contributed by atoms with Crippen molar-refractivity contribution in [2.45, 2.75) is 13.0 Å². The molecule has 0 saturated heterocycles. The summed E-state index contributed by atoms with van der Waals surface area (Å²) in [4.78, 5) is 18.0. The van der Waals surface area contributed by atoms with Crippen LogP contribution in [0.25, 0.3) is 10.9 Å². The molecule has 2 N–H and O–H groups in total. The fourth-order valence-electron chi connectivity index (χ4n) is 3.97. The molecule has 3 aromatic carbocycles. The minimum Gasteiger partial charge on any atom is -0.497 e. The molecule has 0 unspecified atom stereocenters. The molecule has 0 aliphatic heterocycles. The Balaban J connectivity index is 1.33. The Labute approximate surface area is 194 Å². The van der Waals surface area contributed by atoms with Crippen LogP contribution in [-0.2, 0) is 13.0 Å². The van der Waals surface area contributed by atoms with Gasteiger partial charge in [-0.1, -0.05) is 24.3 Å². The topological polar surface area (TPSA) is 66.6 Å². The van der Waals surface area contributed by atoms with Gasteiger partial charge in [0.2, 0.25) is 0 Å². The van der Waals surface area contributed by atoms with Gasteiger partial charge >= 0.3 is 0 Å². The fourth-order valence-corrected chi connectivity index (χ4v) is 3.97. The van der Waals surface area contributed by atoms with E-state index in [1.54, 1.807) is 14.2 Å². The van der Waals surface area contributed by atoms with Crippen molar-refractivity contribution in [3.8, 4) is 11.5 Å². The number of hydrogen-bond acceptors (Lipinski definition) is 4. The number of rotatable bonds is 9. The maximum atomic E-state index is 12.6. The predicted molar refractivity (Wildman–Crippen MR) is 132 cm³/mol. The highest BCUT2D eigenvalue weighted by Gasteiger charge is 2.10. The molecular weight excluding hydrogens is 414 g/mol. The summed E-state index contributed by atoms with van der Waals surface area (Å²) in [5.74, 6) is 1.59. The summed E-state index contributed by atoms with van der Waals surface area (Å²) in [6, 6.07) is 21.6. The van der Waals surface area contributed by atoms with E-state index >= 15 is 0 Å². The van der Waals surface area contributed by atoms with E-state index < -0.39 is 0 Å². The number of anilines is 1. The van der Waals surface area contributed by atoms with Gasteiger partial charge in [0.15, 0.2) is 0 Å². The monoisotopic (exact) mass is 443 g/mol. The van der Waals surface area contributed by atoms with Gasteiger partial charge in [-0.3, -0.25) is 4.79 Å². The Morgan fingerprint density at radius 1 is 1.00 bits per heavy atom. The highest BCUT2D eigenvalue weighted by Crippen LogP contribution is 2.28. The maximum absolute atomic E-state index is 12.6. The second kappa shape index (κ2) is 10.1. The van der Waals surface area contributed by atoms with E-state index in [9.17, 15) is 4.79 Å². The second-order valence-corrected chi connectivity index (χ2v) is 7.96. The number of ether oxygens (including phenoxy) is 2. The molecule has 0 saturated carbocycles. The first kappa shape index (κ1) is 22.3. The van der Waals surface area contributed by atoms with E-state index in [0.29, 0.717) is 18.7 Å². The lowest BCUT2D eigenvalue weighted by atomic mass is 10.1. The molecule has 0 fully saturated rings. The summed E-state index contributed by atoms with van der Waals surface area (Å²) < 4.78 is 10.8. The Hall–Kier alpha value is -3.93. The maximum Gasteiger partial charge on any atom is 0.251 e. The highest BCUT2D eigenvalue weighted by atomic mass is 16.5. The lowest BCUT2D eigenvalue weighted by Crippen LogP contribution is -2.25. The standard InChI is InChI=1S/C27H29N3O3/c1-30(25-6-4-5-7-26(25)33-3)18-19-8-10-20(11-9-19)27(31)28-15-14-21-17-29-24-13-12-22(32-2)16-23(21)24/h4-13,16-17,29H,14-15,18H2,1-3H3,(H,28,31). The van der Waals surface area contributed by atoms with Crippen LogP contribution in [0, 0.1) is 0 Å². The number of methoxy groups -OCH3 is 2. The summed E-state index contributed by atoms with van der Waals surface area (Å²) in [5.41, 5.74) is 5.01. The van der Waals surface area contributed by atoms with Crippen molar-refractivity contribution in [3.05, 3.63) is 89.6 Å². The van der Waals surface area contributed by atoms with Gasteiger partial charge in [0.1, 0.15) is 11.5 Å². The van der Waals surface area contributed by atoms with Gasteiger partial charge in [0, 0.05) is 42.8 Å². The van der Waals surface area contributed by atoms with Crippen LogP contribution in [0.1, 0.15) is 21.5 Å². The van der Waals surface area contributed by atoms with Crippen molar-refractivity contribution < 1.29 is 14.3 Å². The smallest absolute Gasteiger partial charge is 0.251 e. The Morgan fingerprint density at radius 2 is 1.79 bits per heavy atom. The summed E-state index contributed by atoms with van der Waals surface area (Å²) >= 11 is 0. The van der Waals surface area contributed by atoms with Crippen LogP contribution in [0.15, 0.2) is 72.9 Å². The molecule has 6 nitrogen and oxygen atoms in total. The first-order valence-corrected chi connectivity index (χ1v) is 10.9. The average Bonchev–Trinajstić information content (AvgIpc) is 3.26. The lowest BCUT2D eigenvalue weighted by Gasteiger charge is -2.21. The Bertz CT molecular complexity index is 1230. The number of para-hydroxylation sites is 2. The van der Waals surface area contributed by atoms with E-state index in [1.807, 2.05) is 80.0 Å². The van der Waals surface area contributed by atoms with Gasteiger partial charge in [-0.2, -0.15) is 0 Å². The number of carbonyl (C=O) groups excluding carboxylic acids is 1. The first-order valence-electron chi connectivity index (χ1n) is 10.9. The third kappa shape index (κ3) is 5.12. The van der Waals surface area contributed by atoms with Crippen molar-refractivity contribution in [2.24, 2.45) is 0 Å². The molecule has 4 rings (SSSR count). The van der Waals surface area contributed by atoms with Gasteiger partial charge in [-0.15, -0.1) is 0 Å². The summed E-state index contributed by atoms with van der Waals surface area (Å²) in [6.07, 6.45) is 2.73. The SMILES string of the molecule is COc1ccc2[nH]cc(CCNC(=O)c3ccc(CN(C)c4ccccc4OC)cc3)c2c1. The van der Waals surface area contributed by atoms with Crippen LogP contribution >= 0.6 is 0 Å². The van der Waals surface area contributed by atoms with E-state index in [0.717, 1.165) is 45.6 Å². The third-order valence-corrected chi connectivity index (χ3v) is 5.79. The Kier molecular flexibility index (Phi) is 6.83. The van der Waals surface area contributed by atoms with Crippen molar-refractivity contribution in [2.75, 3.05) is 32.7 Å². The molecule has 0 spiro atoms. The number of aromatic amines is 1. The molecule has 1 amide bonds. The second-order valence-electron chi connectivity index (χ2n) is 7.96. The van der Waals surface area contributed by atoms with Crippen molar-refractivity contribution in [3.63, 3.8) is 0 Å². The molecule has 6 heteroatoms. The molecule has 0 aliphatic rings. The number of carbonyl (C=O) groups is 1. The van der Waals surface area contributed by atoms with Gasteiger partial charge in [0.05, 0.1) is 19.9 Å². The number of hydrogen-bond donors (Lipinski definition) is 2. The van der Waals surface area contributed by atoms with Crippen molar-refractivity contribution in [1.82, 2.24) is 10.3 Å². The first-order chi connectivity index (χ1) is 16.1. The molecule has 170 valence electrons. The normalized spacial score (nSPS) is 10.8. The number of amides is 1. The lowest BCUT2D eigenvalue weighted by molar-refractivity contribution is 0.0954. The molecule has 0 radical (unpaired) electrons. The van der Waals surface area contributed by atoms with Gasteiger partial charge in [0.25, 0.3) is 5.91 Å². The van der Waals surface area contributed by atoms with Crippen LogP contribution in [0.4, 0.5) is 5.69 Å². The van der Waals surface area contributed by atoms with Gasteiger partial charge in [-0.25, -0.2) is 0 Å². The van der Waals surface area contributed by atoms with Crippen LogP contribution in [0.2, 0.25) is 0 Å². The molecule has 33 heavy (non-hydrogen) atoms. The van der Waals surface area contributed by atoms with E-state index in [1.165, 1.54) is 0 Å². The third-order valence-electron chi connectivity index (χ3n) is 5.79. The van der Waals surface area contributed by atoms with Crippen molar-refractivity contribution >= 4 is 22.5 Å². The minimum absolute atomic E-state index is 0.0722. The summed E-state index contributed by atoms with van der Waals surface area (Å²) in [7, 11) is 5.36. The molecule has 1 aromatic heterocycles. The Morgan fingerprint density at radius 3 is 2.55 bits per heavy atom. The minimum atomic E-state index is -0.0722. The number of nitrogens with zero attached hydrogens (tertiary/aromatic N) is 1. The molecule has 0 aliphatic carbocycles. The van der Waals surface area contributed by atoms with Crippen molar-refractivity contribution in [1.29, 1.82) is 0 Å². The molecule has 0 atom stereocenters. The predicted octanol–water partition coefficient (Wildman–Crippen LogP) is 4.79. The summed E-state index contributed by atoms with van der Waals surface area (Å²) in [6.45, 7) is 1.27. The van der Waals surface area contributed by atoms with Gasteiger partial charge < -0.3 is 24.7 Å². The number of fused-ring (bicyclic) bond motifs is 1. The molecule has 1 heterocycles. The highest BCUT2D eigenvalue weighted by molar-refractivity contribution is 5.94. The van der Waals surface area contributed by atoms with E-state index in [-0.39, 0.29) is 5.91 Å². The number of aromatic nitrogens is 1. The molecule has 4 aromatic rings. The number of benzene rings is 3. The van der Waals surface area contributed by atoms with Crippen LogP contribution < -0.4 is 19.7 Å². The van der Waals surface area contributed by atoms with E-state index in [2.05, 4.69) is 15.2 Å². The number of H-pyrrole nitrogens is 1. The number of nitrogens with one attached hydrogen (secondary N) is 2. The van der Waals surface area contributed by atoms with Gasteiger partial charge in [-0.05, 0) is 60.0 Å². The summed E-state index contributed by atoms with van der Waals surface area (Å²) in [5, 5.41) is 4.14. The van der Waals surface area contributed by atoms with Crippen LogP contribution in [-0.4, -0.2) is 38.7 Å². The zero-order valence-corrected chi connectivity index (χ0v) is 19.2. The van der Waals surface area contributed by atoms with Crippen LogP contribution in [0.3, 0.4) is 0 Å². The molecule has 0 bridgehead atoms. The van der Waals surface area contributed by atoms with E-state index in [4.69, 9.17) is 9.47 Å². The average molecular weight is 444 g/mol. The quantitative estimate of drug-likeness (QED) is 0.390. The van der Waals surface area contributed by atoms with Crippen LogP contribution in [0.5, 0.6) is 11.5 Å². The largest absolute Gasteiger partial charge is 0.497 e. The molecular formula is C27H29N3O3. The zero-order valence-electron chi connectivity index (χ0n) is 19.2.